The lowest BCUT2D eigenvalue weighted by Gasteiger charge is -2.16. The SMILES string of the molecule is Cc1c(-c2ccc(Cl)cc2)nc2ccccc2c1C(=O)Nc1ccc([N+](=O)[O-])c(NC(=O)c2c(C)c(-c3ccc(Cl)cc3)nc3ccccc23)c1. The van der Waals surface area contributed by atoms with Crippen LogP contribution >= 0.6 is 23.2 Å². The molecule has 2 heterocycles. The molecule has 0 unspecified atom stereocenters. The van der Waals surface area contributed by atoms with Crippen LogP contribution in [0.25, 0.3) is 44.3 Å². The Kier molecular flexibility index (Phi) is 8.91. The van der Waals surface area contributed by atoms with Crippen LogP contribution in [0.15, 0.2) is 115 Å². The van der Waals surface area contributed by atoms with Crippen LogP contribution in [0.1, 0.15) is 31.8 Å². The Balaban J connectivity index is 1.27. The van der Waals surface area contributed by atoms with Crippen molar-refractivity contribution in [3.63, 3.8) is 0 Å². The minimum absolute atomic E-state index is 0.0886. The second-order valence-corrected chi connectivity index (χ2v) is 12.7. The largest absolute Gasteiger partial charge is 0.322 e. The first kappa shape index (κ1) is 33.3. The normalized spacial score (nSPS) is 11.1. The van der Waals surface area contributed by atoms with Crippen molar-refractivity contribution in [2.45, 2.75) is 13.8 Å². The van der Waals surface area contributed by atoms with E-state index >= 15 is 0 Å². The molecule has 7 aromatic rings. The quantitative estimate of drug-likeness (QED) is 0.125. The monoisotopic (exact) mass is 711 g/mol. The van der Waals surface area contributed by atoms with Gasteiger partial charge in [-0.1, -0.05) is 83.9 Å². The van der Waals surface area contributed by atoms with Crippen molar-refractivity contribution in [3.8, 4) is 22.5 Å². The van der Waals surface area contributed by atoms with Crippen LogP contribution in [-0.4, -0.2) is 26.7 Å². The van der Waals surface area contributed by atoms with Crippen LogP contribution in [0.2, 0.25) is 10.0 Å². The second-order valence-electron chi connectivity index (χ2n) is 11.9. The molecule has 250 valence electrons. The zero-order chi connectivity index (χ0) is 35.8. The van der Waals surface area contributed by atoms with Gasteiger partial charge >= 0.3 is 0 Å². The van der Waals surface area contributed by atoms with Gasteiger partial charge in [-0.05, 0) is 73.5 Å². The number of amides is 2. The van der Waals surface area contributed by atoms with Gasteiger partial charge in [0.05, 0.1) is 38.5 Å². The van der Waals surface area contributed by atoms with Gasteiger partial charge in [0.15, 0.2) is 0 Å². The third-order valence-corrected chi connectivity index (χ3v) is 9.16. The summed E-state index contributed by atoms with van der Waals surface area (Å²) in [7, 11) is 0. The lowest BCUT2D eigenvalue weighted by Crippen LogP contribution is -2.18. The van der Waals surface area contributed by atoms with Gasteiger partial charge in [0, 0.05) is 43.7 Å². The lowest BCUT2D eigenvalue weighted by molar-refractivity contribution is -0.383. The number of nitrogens with one attached hydrogen (secondary N) is 2. The summed E-state index contributed by atoms with van der Waals surface area (Å²) < 4.78 is 0. The molecule has 0 aliphatic rings. The van der Waals surface area contributed by atoms with E-state index in [1.54, 1.807) is 49.4 Å². The van der Waals surface area contributed by atoms with Crippen molar-refractivity contribution in [1.82, 2.24) is 9.97 Å². The number of nitro groups is 1. The molecule has 0 saturated carbocycles. The molecule has 0 aliphatic carbocycles. The molecule has 0 bridgehead atoms. The number of nitro benzene ring substituents is 1. The van der Waals surface area contributed by atoms with Crippen LogP contribution in [0.3, 0.4) is 0 Å². The van der Waals surface area contributed by atoms with E-state index in [9.17, 15) is 19.7 Å². The van der Waals surface area contributed by atoms with E-state index < -0.39 is 16.7 Å². The molecule has 0 spiro atoms. The number of rotatable bonds is 7. The number of nitrogens with zero attached hydrogens (tertiary/aromatic N) is 3. The Morgan fingerprint density at radius 1 is 0.627 bits per heavy atom. The van der Waals surface area contributed by atoms with Gasteiger partial charge < -0.3 is 10.6 Å². The van der Waals surface area contributed by atoms with Gasteiger partial charge in [-0.3, -0.25) is 19.7 Å². The fourth-order valence-corrected chi connectivity index (χ4v) is 6.48. The van der Waals surface area contributed by atoms with E-state index in [0.29, 0.717) is 65.5 Å². The van der Waals surface area contributed by atoms with Crippen molar-refractivity contribution in [2.24, 2.45) is 0 Å². The molecule has 0 aliphatic heterocycles. The molecule has 2 N–H and O–H groups in total. The van der Waals surface area contributed by atoms with Crippen molar-refractivity contribution in [1.29, 1.82) is 0 Å². The minimum Gasteiger partial charge on any atom is -0.322 e. The summed E-state index contributed by atoms with van der Waals surface area (Å²) in [5, 5.41) is 20.2. The number of aromatic nitrogens is 2. The number of anilines is 2. The molecule has 5 aromatic carbocycles. The molecule has 0 radical (unpaired) electrons. The third-order valence-electron chi connectivity index (χ3n) is 8.66. The van der Waals surface area contributed by atoms with E-state index in [-0.39, 0.29) is 17.1 Å². The van der Waals surface area contributed by atoms with Gasteiger partial charge in [0.1, 0.15) is 5.69 Å². The molecule has 51 heavy (non-hydrogen) atoms. The first-order chi connectivity index (χ1) is 24.6. The molecule has 7 rings (SSSR count). The first-order valence-electron chi connectivity index (χ1n) is 15.8. The number of carbonyl (C=O) groups excluding carboxylic acids is 2. The van der Waals surface area contributed by atoms with Crippen LogP contribution in [0.4, 0.5) is 17.1 Å². The van der Waals surface area contributed by atoms with E-state index in [2.05, 4.69) is 10.6 Å². The second kappa shape index (κ2) is 13.6. The highest BCUT2D eigenvalue weighted by atomic mass is 35.5. The van der Waals surface area contributed by atoms with Crippen molar-refractivity contribution in [2.75, 3.05) is 10.6 Å². The van der Waals surface area contributed by atoms with Gasteiger partial charge in [-0.15, -0.1) is 0 Å². The Morgan fingerprint density at radius 2 is 1.08 bits per heavy atom. The number of hydrogen-bond donors (Lipinski definition) is 2. The van der Waals surface area contributed by atoms with E-state index in [1.807, 2.05) is 61.5 Å². The summed E-state index contributed by atoms with van der Waals surface area (Å²) >= 11 is 12.2. The first-order valence-corrected chi connectivity index (χ1v) is 16.6. The zero-order valence-corrected chi connectivity index (χ0v) is 28.7. The standard InChI is InChI=1S/C40H27Cl2N5O4/c1-22-35(29-7-3-5-9-31(29)44-37(22)24-11-15-26(41)16-12-24)39(48)43-28-19-20-34(47(50)51)33(21-28)46-40(49)36-23(2)38(25-13-17-27(42)18-14-25)45-32-10-6-4-8-30(32)36/h3-21H,1-2H3,(H,43,48)(H,46,49). The van der Waals surface area contributed by atoms with E-state index in [4.69, 9.17) is 33.2 Å². The number of fused-ring (bicyclic) bond motifs is 2. The molecule has 0 saturated heterocycles. The minimum atomic E-state index is -0.587. The molecule has 0 atom stereocenters. The van der Waals surface area contributed by atoms with Crippen LogP contribution in [0.5, 0.6) is 0 Å². The number of pyridine rings is 2. The fraction of sp³-hybridized carbons (Fsp3) is 0.0500. The highest BCUT2D eigenvalue weighted by Gasteiger charge is 2.24. The van der Waals surface area contributed by atoms with Crippen molar-refractivity contribution >= 4 is 73.9 Å². The van der Waals surface area contributed by atoms with Gasteiger partial charge in [-0.2, -0.15) is 0 Å². The Morgan fingerprint density at radius 3 is 1.55 bits per heavy atom. The third kappa shape index (κ3) is 6.48. The fourth-order valence-electron chi connectivity index (χ4n) is 6.23. The van der Waals surface area contributed by atoms with Gasteiger partial charge in [0.2, 0.25) is 0 Å². The zero-order valence-electron chi connectivity index (χ0n) is 27.2. The Hall–Kier alpha value is -6.16. The topological polar surface area (TPSA) is 127 Å². The van der Waals surface area contributed by atoms with Gasteiger partial charge in [-0.25, -0.2) is 9.97 Å². The number of carbonyl (C=O) groups is 2. The summed E-state index contributed by atoms with van der Waals surface area (Å²) in [6.07, 6.45) is 0. The molecule has 0 fully saturated rings. The highest BCUT2D eigenvalue weighted by molar-refractivity contribution is 6.31. The summed E-state index contributed by atoms with van der Waals surface area (Å²) in [6.45, 7) is 3.60. The average molecular weight is 713 g/mol. The van der Waals surface area contributed by atoms with Crippen LogP contribution in [0, 0.1) is 24.0 Å². The maximum atomic E-state index is 14.1. The lowest BCUT2D eigenvalue weighted by atomic mass is 9.97. The predicted molar refractivity (Wildman–Crippen MR) is 203 cm³/mol. The smallest absolute Gasteiger partial charge is 0.292 e. The van der Waals surface area contributed by atoms with Crippen LogP contribution in [-0.2, 0) is 0 Å². The maximum Gasteiger partial charge on any atom is 0.292 e. The highest BCUT2D eigenvalue weighted by Crippen LogP contribution is 2.35. The molecule has 11 heteroatoms. The number of halogens is 2. The van der Waals surface area contributed by atoms with E-state index in [0.717, 1.165) is 11.1 Å². The summed E-state index contributed by atoms with van der Waals surface area (Å²) in [4.78, 5) is 49.4. The molecule has 2 aromatic heterocycles. The maximum absolute atomic E-state index is 14.1. The summed E-state index contributed by atoms with van der Waals surface area (Å²) in [6, 6.07) is 32.9. The Labute approximate surface area is 302 Å². The van der Waals surface area contributed by atoms with Gasteiger partial charge in [0.25, 0.3) is 17.5 Å². The van der Waals surface area contributed by atoms with Crippen LogP contribution < -0.4 is 10.6 Å². The number of para-hydroxylation sites is 2. The molecular weight excluding hydrogens is 685 g/mol. The van der Waals surface area contributed by atoms with Crippen molar-refractivity contribution in [3.05, 3.63) is 158 Å². The molecule has 2 amide bonds. The molecule has 9 nitrogen and oxygen atoms in total. The predicted octanol–water partition coefficient (Wildman–Crippen LogP) is 10.5. The van der Waals surface area contributed by atoms with Crippen molar-refractivity contribution < 1.29 is 14.5 Å². The summed E-state index contributed by atoms with van der Waals surface area (Å²) in [5.74, 6) is -1.02. The number of benzene rings is 5. The molecular formula is C40H27Cl2N5O4. The van der Waals surface area contributed by atoms with E-state index in [1.165, 1.54) is 18.2 Å². The summed E-state index contributed by atoms with van der Waals surface area (Å²) in [5.41, 5.74) is 5.66. The average Bonchev–Trinajstić information content (AvgIpc) is 3.11. The Bertz CT molecular complexity index is 2540. The number of hydrogen-bond acceptors (Lipinski definition) is 6.